The lowest BCUT2D eigenvalue weighted by Crippen LogP contribution is -2.28. The van der Waals surface area contributed by atoms with Crippen LogP contribution in [0.3, 0.4) is 0 Å². The zero-order chi connectivity index (χ0) is 17.5. The molecular weight excluding hydrogens is 300 g/mol. The van der Waals surface area contributed by atoms with E-state index >= 15 is 0 Å². The van der Waals surface area contributed by atoms with Gasteiger partial charge in [-0.2, -0.15) is 0 Å². The minimum atomic E-state index is -1.08. The van der Waals surface area contributed by atoms with Gasteiger partial charge in [-0.1, -0.05) is 36.4 Å². The van der Waals surface area contributed by atoms with Crippen LogP contribution >= 0.6 is 0 Å². The second kappa shape index (κ2) is 7.79. The Hall–Kier alpha value is -3.09. The standard InChI is InChI=1S/C9H10O4.C7H8N2O/c1-9(8(12)13)4-2-3-6(5-9)7(10)11;8-7(10)9-6-4-2-1-3-5-6/h2-4H,5H2,1H3,(H,10,11)(H,12,13);1-5H,(H3,8,9,10). The van der Waals surface area contributed by atoms with E-state index in [1.165, 1.54) is 25.2 Å². The summed E-state index contributed by atoms with van der Waals surface area (Å²) in [6, 6.07) is 8.52. The summed E-state index contributed by atoms with van der Waals surface area (Å²) in [5.41, 5.74) is 4.64. The third-order valence-electron chi connectivity index (χ3n) is 3.12. The lowest BCUT2D eigenvalue weighted by atomic mass is 9.80. The number of nitrogens with one attached hydrogen (secondary N) is 1. The monoisotopic (exact) mass is 318 g/mol. The Morgan fingerprint density at radius 1 is 1.17 bits per heavy atom. The molecule has 1 atom stereocenters. The van der Waals surface area contributed by atoms with Crippen LogP contribution in [0.5, 0.6) is 0 Å². The SMILES string of the molecule is CC1(C(=O)O)C=CC=C(C(=O)O)C1.NC(=O)Nc1ccccc1. The first-order chi connectivity index (χ1) is 10.7. The third kappa shape index (κ3) is 5.66. The summed E-state index contributed by atoms with van der Waals surface area (Å²) in [6.07, 6.45) is 4.43. The number of hydrogen-bond acceptors (Lipinski definition) is 3. The van der Waals surface area contributed by atoms with E-state index in [4.69, 9.17) is 15.9 Å². The predicted octanol–water partition coefficient (Wildman–Crippen LogP) is 2.23. The van der Waals surface area contributed by atoms with Crippen molar-refractivity contribution < 1.29 is 24.6 Å². The summed E-state index contributed by atoms with van der Waals surface area (Å²) in [5, 5.41) is 19.9. The van der Waals surface area contributed by atoms with Crippen LogP contribution in [0, 0.1) is 5.41 Å². The number of primary amides is 1. The van der Waals surface area contributed by atoms with Crippen molar-refractivity contribution in [2.45, 2.75) is 13.3 Å². The Morgan fingerprint density at radius 3 is 2.26 bits per heavy atom. The van der Waals surface area contributed by atoms with Gasteiger partial charge in [0.2, 0.25) is 0 Å². The maximum absolute atomic E-state index is 10.8. The fourth-order valence-electron chi connectivity index (χ4n) is 1.85. The van der Waals surface area contributed by atoms with Gasteiger partial charge < -0.3 is 21.3 Å². The quantitative estimate of drug-likeness (QED) is 0.679. The van der Waals surface area contributed by atoms with Gasteiger partial charge in [0.1, 0.15) is 0 Å². The van der Waals surface area contributed by atoms with Crippen LogP contribution in [0.4, 0.5) is 10.5 Å². The molecule has 0 spiro atoms. The molecule has 0 aromatic heterocycles. The van der Waals surface area contributed by atoms with Crippen LogP contribution in [0.2, 0.25) is 0 Å². The average molecular weight is 318 g/mol. The highest BCUT2D eigenvalue weighted by Gasteiger charge is 2.34. The zero-order valence-electron chi connectivity index (χ0n) is 12.5. The van der Waals surface area contributed by atoms with Gasteiger partial charge in [0.25, 0.3) is 0 Å². The molecule has 23 heavy (non-hydrogen) atoms. The second-order valence-corrected chi connectivity index (χ2v) is 5.11. The molecule has 0 bridgehead atoms. The Bertz CT molecular complexity index is 652. The summed E-state index contributed by atoms with van der Waals surface area (Å²) < 4.78 is 0. The molecule has 0 saturated carbocycles. The fourth-order valence-corrected chi connectivity index (χ4v) is 1.85. The van der Waals surface area contributed by atoms with Crippen molar-refractivity contribution in [1.29, 1.82) is 0 Å². The summed E-state index contributed by atoms with van der Waals surface area (Å²) in [6.45, 7) is 1.50. The normalized spacial score (nSPS) is 18.9. The highest BCUT2D eigenvalue weighted by molar-refractivity contribution is 5.90. The van der Waals surface area contributed by atoms with Gasteiger partial charge in [-0.05, 0) is 25.5 Å². The van der Waals surface area contributed by atoms with Crippen molar-refractivity contribution in [3.8, 4) is 0 Å². The Morgan fingerprint density at radius 2 is 1.78 bits per heavy atom. The highest BCUT2D eigenvalue weighted by Crippen LogP contribution is 2.31. The van der Waals surface area contributed by atoms with Gasteiger partial charge in [-0.3, -0.25) is 4.79 Å². The Kier molecular flexibility index (Phi) is 6.08. The minimum Gasteiger partial charge on any atom is -0.481 e. The number of rotatable bonds is 3. The molecule has 1 aliphatic rings. The van der Waals surface area contributed by atoms with Gasteiger partial charge in [0.05, 0.1) is 5.41 Å². The number of anilines is 1. The number of carbonyl (C=O) groups is 3. The van der Waals surface area contributed by atoms with E-state index in [0.29, 0.717) is 0 Å². The molecule has 0 aliphatic heterocycles. The molecule has 1 unspecified atom stereocenters. The van der Waals surface area contributed by atoms with Crippen molar-refractivity contribution in [3.05, 3.63) is 54.1 Å². The maximum atomic E-state index is 10.8. The molecule has 0 radical (unpaired) electrons. The fraction of sp³-hybridized carbons (Fsp3) is 0.188. The zero-order valence-corrected chi connectivity index (χ0v) is 12.5. The van der Waals surface area contributed by atoms with Crippen LogP contribution in [0.1, 0.15) is 13.3 Å². The van der Waals surface area contributed by atoms with Crippen molar-refractivity contribution in [3.63, 3.8) is 0 Å². The first-order valence-electron chi connectivity index (χ1n) is 6.71. The van der Waals surface area contributed by atoms with Gasteiger partial charge >= 0.3 is 18.0 Å². The lowest BCUT2D eigenvalue weighted by Gasteiger charge is -2.23. The Labute approximate surface area is 133 Å². The van der Waals surface area contributed by atoms with Crippen LogP contribution in [-0.2, 0) is 9.59 Å². The average Bonchev–Trinajstić information content (AvgIpc) is 2.48. The van der Waals surface area contributed by atoms with Gasteiger partial charge in [-0.25, -0.2) is 9.59 Å². The van der Waals surface area contributed by atoms with Gasteiger partial charge in [0.15, 0.2) is 0 Å². The number of urea groups is 1. The molecule has 2 amide bonds. The number of nitrogens with two attached hydrogens (primary N) is 1. The number of para-hydroxylation sites is 1. The number of amides is 2. The van der Waals surface area contributed by atoms with Crippen LogP contribution in [0.15, 0.2) is 54.1 Å². The number of benzene rings is 1. The van der Waals surface area contributed by atoms with Crippen molar-refractivity contribution in [2.75, 3.05) is 5.32 Å². The number of carbonyl (C=O) groups excluding carboxylic acids is 1. The molecule has 7 heteroatoms. The number of carboxylic acid groups (broad SMARTS) is 2. The molecule has 0 saturated heterocycles. The molecule has 2 rings (SSSR count). The van der Waals surface area contributed by atoms with Gasteiger partial charge in [-0.15, -0.1) is 0 Å². The topological polar surface area (TPSA) is 130 Å². The number of hydrogen-bond donors (Lipinski definition) is 4. The number of aliphatic carboxylic acids is 2. The third-order valence-corrected chi connectivity index (χ3v) is 3.12. The van der Waals surface area contributed by atoms with Crippen molar-refractivity contribution in [1.82, 2.24) is 0 Å². The van der Waals surface area contributed by atoms with E-state index in [2.05, 4.69) is 5.32 Å². The first kappa shape index (κ1) is 18.0. The molecule has 1 aromatic carbocycles. The summed E-state index contributed by atoms with van der Waals surface area (Å²) >= 11 is 0. The molecule has 7 nitrogen and oxygen atoms in total. The minimum absolute atomic E-state index is 0.0359. The smallest absolute Gasteiger partial charge is 0.331 e. The summed E-state index contributed by atoms with van der Waals surface area (Å²) in [5.74, 6) is -2.06. The van der Waals surface area contributed by atoms with E-state index < -0.39 is 23.4 Å². The summed E-state index contributed by atoms with van der Waals surface area (Å²) in [4.78, 5) is 31.6. The molecule has 1 aliphatic carbocycles. The largest absolute Gasteiger partial charge is 0.481 e. The Balaban J connectivity index is 0.000000238. The van der Waals surface area contributed by atoms with E-state index in [9.17, 15) is 14.4 Å². The van der Waals surface area contributed by atoms with Crippen molar-refractivity contribution >= 4 is 23.7 Å². The molecular formula is C16H18N2O5. The predicted molar refractivity (Wildman–Crippen MR) is 84.9 cm³/mol. The molecule has 1 aromatic rings. The number of carboxylic acids is 2. The van der Waals surface area contributed by atoms with Crippen LogP contribution in [0.25, 0.3) is 0 Å². The molecule has 0 fully saturated rings. The summed E-state index contributed by atoms with van der Waals surface area (Å²) in [7, 11) is 0. The van der Waals surface area contributed by atoms with E-state index in [1.807, 2.05) is 18.2 Å². The van der Waals surface area contributed by atoms with Crippen LogP contribution < -0.4 is 11.1 Å². The molecule has 5 N–H and O–H groups in total. The van der Waals surface area contributed by atoms with E-state index in [1.54, 1.807) is 12.1 Å². The van der Waals surface area contributed by atoms with E-state index in [0.717, 1.165) is 5.69 Å². The first-order valence-corrected chi connectivity index (χ1v) is 6.71. The number of allylic oxidation sites excluding steroid dienone is 2. The van der Waals surface area contributed by atoms with Crippen molar-refractivity contribution in [2.24, 2.45) is 11.1 Å². The van der Waals surface area contributed by atoms with Crippen LogP contribution in [-0.4, -0.2) is 28.2 Å². The molecule has 122 valence electrons. The molecule has 0 heterocycles. The highest BCUT2D eigenvalue weighted by atomic mass is 16.4. The maximum Gasteiger partial charge on any atom is 0.331 e. The van der Waals surface area contributed by atoms with E-state index in [-0.39, 0.29) is 12.0 Å². The van der Waals surface area contributed by atoms with Gasteiger partial charge in [0, 0.05) is 11.3 Å². The lowest BCUT2D eigenvalue weighted by molar-refractivity contribution is -0.145. The second-order valence-electron chi connectivity index (χ2n) is 5.11.